The highest BCUT2D eigenvalue weighted by Gasteiger charge is 2.17. The first-order chi connectivity index (χ1) is 10.5. The van der Waals surface area contributed by atoms with Crippen LogP contribution in [0.4, 0.5) is 0 Å². The van der Waals surface area contributed by atoms with Gasteiger partial charge in [-0.3, -0.25) is 4.79 Å². The summed E-state index contributed by atoms with van der Waals surface area (Å²) >= 11 is 0. The zero-order chi connectivity index (χ0) is 16.1. The van der Waals surface area contributed by atoms with Crippen LogP contribution in [0.5, 0.6) is 5.75 Å². The molecule has 1 amide bonds. The Bertz CT molecular complexity index is 659. The van der Waals surface area contributed by atoms with Gasteiger partial charge in [0.2, 0.25) is 0 Å². The molecular formula is C16H17NO5. The number of nitrogens with zero attached hydrogens (tertiary/aromatic N) is 1. The number of carboxylic acid groups (broad SMARTS) is 1. The highest BCUT2D eigenvalue weighted by molar-refractivity contribution is 5.92. The molecule has 0 saturated heterocycles. The highest BCUT2D eigenvalue weighted by atomic mass is 16.5. The van der Waals surface area contributed by atoms with Gasteiger partial charge in [0.05, 0.1) is 6.26 Å². The van der Waals surface area contributed by atoms with Crippen LogP contribution in [0.1, 0.15) is 21.7 Å². The van der Waals surface area contributed by atoms with E-state index in [4.69, 9.17) is 14.3 Å². The maximum Gasteiger partial charge on any atom is 0.341 e. The van der Waals surface area contributed by atoms with Gasteiger partial charge in [-0.2, -0.15) is 0 Å². The zero-order valence-electron chi connectivity index (χ0n) is 12.4. The molecule has 0 atom stereocenters. The van der Waals surface area contributed by atoms with Gasteiger partial charge in [0.1, 0.15) is 5.75 Å². The van der Waals surface area contributed by atoms with E-state index in [1.165, 1.54) is 6.26 Å². The van der Waals surface area contributed by atoms with Crippen LogP contribution in [-0.2, 0) is 11.3 Å². The molecule has 2 rings (SSSR count). The van der Waals surface area contributed by atoms with Crippen molar-refractivity contribution in [1.29, 1.82) is 0 Å². The quantitative estimate of drug-likeness (QED) is 0.886. The lowest BCUT2D eigenvalue weighted by Crippen LogP contribution is -2.26. The molecule has 0 aliphatic carbocycles. The van der Waals surface area contributed by atoms with E-state index < -0.39 is 5.97 Å². The Morgan fingerprint density at radius 1 is 1.23 bits per heavy atom. The fourth-order valence-corrected chi connectivity index (χ4v) is 1.95. The smallest absolute Gasteiger partial charge is 0.341 e. The average Bonchev–Trinajstić information content (AvgIpc) is 2.91. The molecule has 1 heterocycles. The van der Waals surface area contributed by atoms with Gasteiger partial charge in [-0.25, -0.2) is 4.79 Å². The largest absolute Gasteiger partial charge is 0.482 e. The van der Waals surface area contributed by atoms with E-state index in [0.717, 1.165) is 11.1 Å². The molecule has 2 aromatic rings. The Kier molecular flexibility index (Phi) is 4.83. The third-order valence-electron chi connectivity index (χ3n) is 3.11. The fraction of sp³-hybridized carbons (Fsp3) is 0.250. The maximum absolute atomic E-state index is 12.2. The normalized spacial score (nSPS) is 10.3. The number of furan rings is 1. The van der Waals surface area contributed by atoms with Crippen LogP contribution in [-0.4, -0.2) is 35.5 Å². The van der Waals surface area contributed by atoms with Gasteiger partial charge in [-0.1, -0.05) is 12.1 Å². The summed E-state index contributed by atoms with van der Waals surface area (Å²) in [4.78, 5) is 24.2. The number of carboxylic acids is 1. The predicted octanol–water partition coefficient (Wildman–Crippen LogP) is 2.32. The van der Waals surface area contributed by atoms with Crippen LogP contribution in [0, 0.1) is 6.92 Å². The first-order valence-electron chi connectivity index (χ1n) is 6.70. The van der Waals surface area contributed by atoms with E-state index in [2.05, 4.69) is 0 Å². The molecule has 0 unspecified atom stereocenters. The van der Waals surface area contributed by atoms with Gasteiger partial charge in [-0.05, 0) is 30.7 Å². The van der Waals surface area contributed by atoms with E-state index in [9.17, 15) is 9.59 Å². The van der Waals surface area contributed by atoms with E-state index in [0.29, 0.717) is 18.1 Å². The molecule has 0 saturated carbocycles. The Morgan fingerprint density at radius 3 is 2.45 bits per heavy atom. The van der Waals surface area contributed by atoms with Crippen LogP contribution in [0.15, 0.2) is 41.0 Å². The molecule has 1 aromatic carbocycles. The van der Waals surface area contributed by atoms with E-state index in [1.54, 1.807) is 42.3 Å². The van der Waals surface area contributed by atoms with Crippen molar-refractivity contribution in [3.05, 3.63) is 53.5 Å². The molecule has 6 heteroatoms. The number of carbonyl (C=O) groups excluding carboxylic acids is 1. The van der Waals surface area contributed by atoms with Crippen molar-refractivity contribution in [1.82, 2.24) is 4.90 Å². The van der Waals surface area contributed by atoms with Gasteiger partial charge in [-0.15, -0.1) is 0 Å². The first-order valence-corrected chi connectivity index (χ1v) is 6.70. The maximum atomic E-state index is 12.2. The summed E-state index contributed by atoms with van der Waals surface area (Å²) in [5.41, 5.74) is 1.71. The second-order valence-electron chi connectivity index (χ2n) is 4.92. The fourth-order valence-electron chi connectivity index (χ4n) is 1.95. The van der Waals surface area contributed by atoms with Crippen molar-refractivity contribution in [3.8, 4) is 5.75 Å². The zero-order valence-corrected chi connectivity index (χ0v) is 12.4. The van der Waals surface area contributed by atoms with Crippen molar-refractivity contribution in [2.45, 2.75) is 13.5 Å². The lowest BCUT2D eigenvalue weighted by Gasteiger charge is -2.16. The summed E-state index contributed by atoms with van der Waals surface area (Å²) in [5, 5.41) is 8.54. The molecule has 0 radical (unpaired) electrons. The Balaban J connectivity index is 1.97. The van der Waals surface area contributed by atoms with Gasteiger partial charge in [0.15, 0.2) is 12.4 Å². The Hall–Kier alpha value is -2.76. The summed E-state index contributed by atoms with van der Waals surface area (Å²) in [6.07, 6.45) is 1.49. The number of benzene rings is 1. The monoisotopic (exact) mass is 303 g/mol. The first kappa shape index (κ1) is 15.6. The SMILES string of the molecule is Cc1ccoc1C(=O)N(C)Cc1ccc(OCC(=O)O)cc1. The summed E-state index contributed by atoms with van der Waals surface area (Å²) in [6, 6.07) is 8.67. The molecule has 1 N–H and O–H groups in total. The van der Waals surface area contributed by atoms with Crippen LogP contribution >= 0.6 is 0 Å². The Morgan fingerprint density at radius 2 is 1.91 bits per heavy atom. The molecule has 0 spiro atoms. The Labute approximate surface area is 127 Å². The number of rotatable bonds is 6. The van der Waals surface area contributed by atoms with E-state index in [1.807, 2.05) is 6.92 Å². The summed E-state index contributed by atoms with van der Waals surface area (Å²) in [7, 11) is 1.69. The molecule has 0 bridgehead atoms. The molecule has 0 fully saturated rings. The van der Waals surface area contributed by atoms with Crippen LogP contribution in [0.3, 0.4) is 0 Å². The number of hydrogen-bond acceptors (Lipinski definition) is 4. The van der Waals surface area contributed by atoms with Crippen LogP contribution in [0.25, 0.3) is 0 Å². The summed E-state index contributed by atoms with van der Waals surface area (Å²) in [5.74, 6) is -0.400. The topological polar surface area (TPSA) is 80.0 Å². The predicted molar refractivity (Wildman–Crippen MR) is 78.8 cm³/mol. The molecule has 0 aliphatic heterocycles. The van der Waals surface area contributed by atoms with Crippen LogP contribution in [0.2, 0.25) is 0 Å². The van der Waals surface area contributed by atoms with Gasteiger partial charge < -0.3 is 19.2 Å². The number of hydrogen-bond donors (Lipinski definition) is 1. The van der Waals surface area contributed by atoms with Crippen LogP contribution < -0.4 is 4.74 Å². The van der Waals surface area contributed by atoms with Gasteiger partial charge in [0, 0.05) is 19.2 Å². The second-order valence-corrected chi connectivity index (χ2v) is 4.92. The molecule has 1 aromatic heterocycles. The number of aliphatic carboxylic acids is 1. The van der Waals surface area contributed by atoms with Crippen molar-refractivity contribution < 1.29 is 23.8 Å². The molecule has 22 heavy (non-hydrogen) atoms. The molecular weight excluding hydrogens is 286 g/mol. The average molecular weight is 303 g/mol. The third-order valence-corrected chi connectivity index (χ3v) is 3.11. The van der Waals surface area contributed by atoms with E-state index in [-0.39, 0.29) is 12.5 Å². The lowest BCUT2D eigenvalue weighted by molar-refractivity contribution is -0.139. The second kappa shape index (κ2) is 6.80. The van der Waals surface area contributed by atoms with Crippen molar-refractivity contribution >= 4 is 11.9 Å². The number of carbonyl (C=O) groups is 2. The van der Waals surface area contributed by atoms with Crippen molar-refractivity contribution in [2.75, 3.05) is 13.7 Å². The minimum absolute atomic E-state index is 0.186. The van der Waals surface area contributed by atoms with Gasteiger partial charge in [0.25, 0.3) is 5.91 Å². The third kappa shape index (κ3) is 3.88. The number of ether oxygens (including phenoxy) is 1. The highest BCUT2D eigenvalue weighted by Crippen LogP contribution is 2.16. The molecule has 6 nitrogen and oxygen atoms in total. The number of amides is 1. The molecule has 116 valence electrons. The number of aryl methyl sites for hydroxylation is 1. The summed E-state index contributed by atoms with van der Waals surface area (Å²) < 4.78 is 10.2. The van der Waals surface area contributed by atoms with Crippen molar-refractivity contribution in [3.63, 3.8) is 0 Å². The minimum Gasteiger partial charge on any atom is -0.482 e. The van der Waals surface area contributed by atoms with Gasteiger partial charge >= 0.3 is 5.97 Å². The minimum atomic E-state index is -1.02. The molecule has 0 aliphatic rings. The summed E-state index contributed by atoms with van der Waals surface area (Å²) in [6.45, 7) is 1.85. The van der Waals surface area contributed by atoms with Crippen molar-refractivity contribution in [2.24, 2.45) is 0 Å². The standard InChI is InChI=1S/C16H17NO5/c1-11-7-8-21-15(11)16(20)17(2)9-12-3-5-13(6-4-12)22-10-14(18)19/h3-8H,9-10H2,1-2H3,(H,18,19). The van der Waals surface area contributed by atoms with E-state index >= 15 is 0 Å². The lowest BCUT2D eigenvalue weighted by atomic mass is 10.2.